The Balaban J connectivity index is 0.000000431. The number of aliphatic hydroxyl groups excluding tert-OH is 1. The molecule has 0 fully saturated rings. The molecule has 2 aromatic rings. The van der Waals surface area contributed by atoms with E-state index in [-0.39, 0.29) is 24.5 Å². The van der Waals surface area contributed by atoms with Gasteiger partial charge in [0.25, 0.3) is 10.1 Å². The highest BCUT2D eigenvalue weighted by Gasteiger charge is 2.35. The van der Waals surface area contributed by atoms with Crippen molar-refractivity contribution in [2.45, 2.75) is 25.4 Å². The number of hydrogen-bond donors (Lipinski definition) is 4. The standard InChI is InChI=1S/C19H23N3O2.CH4O3S/c1-11(10-23)21-19(24)13-6-15-14-4-3-5-16-18(14)12(8-20-16)7-17(15)22(2)9-13;1-5(2,3)4/h3-6,8,11,13,17,20,23H,7,9-10H2,1-2H3,(H,21,24);1H3,(H,2,3,4)/t11-,13+,17+;/m0./s1. The molecule has 0 saturated carbocycles. The Hall–Kier alpha value is -2.20. The van der Waals surface area contributed by atoms with Gasteiger partial charge in [0.05, 0.1) is 18.8 Å². The lowest BCUT2D eigenvalue weighted by Crippen LogP contribution is -2.48. The molecule has 158 valence electrons. The topological polar surface area (TPSA) is 123 Å². The van der Waals surface area contributed by atoms with Gasteiger partial charge in [-0.2, -0.15) is 8.42 Å². The van der Waals surface area contributed by atoms with Gasteiger partial charge in [0.1, 0.15) is 0 Å². The van der Waals surface area contributed by atoms with Crippen molar-refractivity contribution in [3.8, 4) is 0 Å². The van der Waals surface area contributed by atoms with Gasteiger partial charge in [-0.3, -0.25) is 14.2 Å². The highest BCUT2D eigenvalue weighted by Crippen LogP contribution is 2.40. The zero-order chi connectivity index (χ0) is 21.3. The summed E-state index contributed by atoms with van der Waals surface area (Å²) in [6.45, 7) is 2.47. The Labute approximate surface area is 170 Å². The third-order valence-electron chi connectivity index (χ3n) is 5.27. The number of rotatable bonds is 3. The molecule has 9 heteroatoms. The predicted octanol–water partition coefficient (Wildman–Crippen LogP) is 1.04. The van der Waals surface area contributed by atoms with Gasteiger partial charge in [-0.1, -0.05) is 18.2 Å². The summed E-state index contributed by atoms with van der Waals surface area (Å²) in [7, 11) is -1.58. The Kier molecular flexibility index (Phi) is 6.13. The molecule has 0 spiro atoms. The molecule has 4 N–H and O–H groups in total. The summed E-state index contributed by atoms with van der Waals surface area (Å²) >= 11 is 0. The lowest BCUT2D eigenvalue weighted by Gasteiger charge is -2.39. The van der Waals surface area contributed by atoms with E-state index in [4.69, 9.17) is 9.66 Å². The number of carbonyl (C=O) groups is 1. The van der Waals surface area contributed by atoms with Crippen LogP contribution in [0, 0.1) is 5.92 Å². The second-order valence-electron chi connectivity index (χ2n) is 7.76. The molecule has 8 nitrogen and oxygen atoms in total. The third kappa shape index (κ3) is 4.87. The SMILES string of the molecule is CS(=O)(=O)O.C[C@@H](CO)NC(=O)[C@@H]1C=C2c3cccc4[nH]cc(c34)C[C@H]2N(C)C1. The average molecular weight is 422 g/mol. The van der Waals surface area contributed by atoms with Crippen molar-refractivity contribution in [2.24, 2.45) is 5.92 Å². The summed E-state index contributed by atoms with van der Waals surface area (Å²) in [5.74, 6) is -0.201. The maximum absolute atomic E-state index is 12.5. The van der Waals surface area contributed by atoms with E-state index in [0.29, 0.717) is 18.8 Å². The van der Waals surface area contributed by atoms with Crippen LogP contribution in [-0.4, -0.2) is 72.4 Å². The lowest BCUT2D eigenvalue weighted by molar-refractivity contribution is -0.125. The molecule has 0 bridgehead atoms. The summed E-state index contributed by atoms with van der Waals surface area (Å²) in [4.78, 5) is 18.2. The van der Waals surface area contributed by atoms with Crippen LogP contribution in [-0.2, 0) is 21.3 Å². The van der Waals surface area contributed by atoms with Crippen LogP contribution >= 0.6 is 0 Å². The van der Waals surface area contributed by atoms with Gasteiger partial charge in [0, 0.05) is 35.7 Å². The molecule has 1 aliphatic heterocycles. The number of benzene rings is 1. The van der Waals surface area contributed by atoms with E-state index in [9.17, 15) is 13.2 Å². The van der Waals surface area contributed by atoms with E-state index in [1.54, 1.807) is 0 Å². The Morgan fingerprint density at radius 2 is 2.10 bits per heavy atom. The highest BCUT2D eigenvalue weighted by molar-refractivity contribution is 7.85. The van der Waals surface area contributed by atoms with Crippen LogP contribution in [0.3, 0.4) is 0 Å². The molecular weight excluding hydrogens is 394 g/mol. The van der Waals surface area contributed by atoms with Gasteiger partial charge in [-0.05, 0) is 43.2 Å². The number of aromatic nitrogens is 1. The van der Waals surface area contributed by atoms with Crippen molar-refractivity contribution in [1.29, 1.82) is 0 Å². The van der Waals surface area contributed by atoms with Crippen molar-refractivity contribution < 1.29 is 22.9 Å². The molecule has 3 atom stereocenters. The predicted molar refractivity (Wildman–Crippen MR) is 112 cm³/mol. The van der Waals surface area contributed by atoms with Crippen LogP contribution in [0.25, 0.3) is 16.5 Å². The molecule has 1 aliphatic carbocycles. The number of aliphatic hydroxyl groups is 1. The van der Waals surface area contributed by atoms with Gasteiger partial charge < -0.3 is 15.4 Å². The number of carbonyl (C=O) groups excluding carboxylic acids is 1. The summed E-state index contributed by atoms with van der Waals surface area (Å²) < 4.78 is 25.9. The van der Waals surface area contributed by atoms with Crippen LogP contribution in [0.1, 0.15) is 18.1 Å². The molecule has 0 unspecified atom stereocenters. The van der Waals surface area contributed by atoms with E-state index in [2.05, 4.69) is 52.7 Å². The van der Waals surface area contributed by atoms with E-state index in [1.807, 2.05) is 6.92 Å². The number of nitrogens with zero attached hydrogens (tertiary/aromatic N) is 1. The zero-order valence-electron chi connectivity index (χ0n) is 16.7. The van der Waals surface area contributed by atoms with Gasteiger partial charge >= 0.3 is 0 Å². The fourth-order valence-corrected chi connectivity index (χ4v) is 4.01. The lowest BCUT2D eigenvalue weighted by atomic mass is 9.80. The summed E-state index contributed by atoms with van der Waals surface area (Å²) in [6, 6.07) is 6.42. The first-order valence-electron chi connectivity index (χ1n) is 9.43. The maximum Gasteiger partial charge on any atom is 0.261 e. The number of amides is 1. The molecule has 2 aliphatic rings. The third-order valence-corrected chi connectivity index (χ3v) is 5.27. The van der Waals surface area contributed by atoms with Crippen LogP contribution in [0.2, 0.25) is 0 Å². The smallest absolute Gasteiger partial charge is 0.261 e. The van der Waals surface area contributed by atoms with Crippen LogP contribution in [0.4, 0.5) is 0 Å². The van der Waals surface area contributed by atoms with Crippen molar-refractivity contribution in [1.82, 2.24) is 15.2 Å². The van der Waals surface area contributed by atoms with E-state index in [0.717, 1.165) is 11.9 Å². The minimum atomic E-state index is -3.67. The normalized spacial score (nSPS) is 22.2. The average Bonchev–Trinajstić information content (AvgIpc) is 3.05. The van der Waals surface area contributed by atoms with Crippen molar-refractivity contribution >= 4 is 32.5 Å². The largest absolute Gasteiger partial charge is 0.394 e. The molecule has 4 rings (SSSR count). The van der Waals surface area contributed by atoms with Gasteiger partial charge in [0.15, 0.2) is 0 Å². The number of H-pyrrole nitrogens is 1. The molecule has 0 saturated heterocycles. The quantitative estimate of drug-likeness (QED) is 0.549. The molecule has 29 heavy (non-hydrogen) atoms. The molecule has 1 amide bonds. The van der Waals surface area contributed by atoms with E-state index in [1.165, 1.54) is 22.1 Å². The first-order valence-corrected chi connectivity index (χ1v) is 11.3. The van der Waals surface area contributed by atoms with Gasteiger partial charge in [-0.25, -0.2) is 0 Å². The Morgan fingerprint density at radius 1 is 1.41 bits per heavy atom. The molecule has 1 aromatic heterocycles. The van der Waals surface area contributed by atoms with Crippen molar-refractivity contribution in [2.75, 3.05) is 26.5 Å². The number of hydrogen-bond acceptors (Lipinski definition) is 5. The minimum absolute atomic E-state index is 0.0126. The first kappa shape index (κ1) is 21.5. The van der Waals surface area contributed by atoms with Crippen molar-refractivity contribution in [3.05, 3.63) is 41.6 Å². The Morgan fingerprint density at radius 3 is 2.76 bits per heavy atom. The van der Waals surface area contributed by atoms with Crippen LogP contribution in [0.15, 0.2) is 30.5 Å². The zero-order valence-corrected chi connectivity index (χ0v) is 17.5. The van der Waals surface area contributed by atoms with Gasteiger partial charge in [-0.15, -0.1) is 0 Å². The molecular formula is C20H27N3O5S. The van der Waals surface area contributed by atoms with Crippen LogP contribution < -0.4 is 5.32 Å². The van der Waals surface area contributed by atoms with Crippen molar-refractivity contribution in [3.63, 3.8) is 0 Å². The first-order chi connectivity index (χ1) is 13.6. The highest BCUT2D eigenvalue weighted by atomic mass is 32.2. The summed E-state index contributed by atoms with van der Waals surface area (Å²) in [5, 5.41) is 13.3. The summed E-state index contributed by atoms with van der Waals surface area (Å²) in [5.41, 5.74) is 4.99. The summed E-state index contributed by atoms with van der Waals surface area (Å²) in [6.07, 6.45) is 5.93. The number of fused-ring (bicyclic) bond motifs is 2. The number of likely N-dealkylation sites (N-methyl/N-ethyl adjacent to an activating group) is 1. The minimum Gasteiger partial charge on any atom is -0.394 e. The fraction of sp³-hybridized carbons (Fsp3) is 0.450. The molecule has 0 radical (unpaired) electrons. The van der Waals surface area contributed by atoms with Gasteiger partial charge in [0.2, 0.25) is 5.91 Å². The second kappa shape index (κ2) is 8.27. The van der Waals surface area contributed by atoms with Crippen LogP contribution in [0.5, 0.6) is 0 Å². The molecule has 1 aromatic carbocycles. The number of nitrogens with one attached hydrogen (secondary N) is 2. The maximum atomic E-state index is 12.5. The van der Waals surface area contributed by atoms with E-state index < -0.39 is 10.1 Å². The Bertz CT molecular complexity index is 1040. The number of aromatic amines is 1. The second-order valence-corrected chi connectivity index (χ2v) is 9.22. The van der Waals surface area contributed by atoms with E-state index >= 15 is 0 Å². The fourth-order valence-electron chi connectivity index (χ4n) is 4.01. The monoisotopic (exact) mass is 421 g/mol. The molecule has 2 heterocycles.